The van der Waals surface area contributed by atoms with Crippen LogP contribution in [0.5, 0.6) is 0 Å². The van der Waals surface area contributed by atoms with Crippen LogP contribution in [0.4, 0.5) is 0 Å². The maximum atomic E-state index is 9.72. The summed E-state index contributed by atoms with van der Waals surface area (Å²) in [5.74, 6) is 1.57. The minimum atomic E-state index is -0.527. The topological polar surface area (TPSA) is 58.9 Å². The van der Waals surface area contributed by atoms with Gasteiger partial charge in [0, 0.05) is 18.1 Å². The Hall–Kier alpha value is 0.480. The minimum Gasteiger partial charge on any atom is -0.396 e. The van der Waals surface area contributed by atoms with Gasteiger partial charge in [0.05, 0.1) is 37.9 Å². The maximum absolute atomic E-state index is 9.72. The van der Waals surface area contributed by atoms with Crippen molar-refractivity contribution in [3.63, 3.8) is 0 Å². The number of hydrogen-bond acceptors (Lipinski definition) is 5. The Morgan fingerprint density at radius 3 is 2.50 bits per heavy atom. The average molecular weight is 357 g/mol. The fourth-order valence-electron chi connectivity index (χ4n) is 1.92. The van der Waals surface area contributed by atoms with E-state index in [1.54, 1.807) is 0 Å². The number of ether oxygens (including phenoxy) is 2. The van der Waals surface area contributed by atoms with E-state index >= 15 is 0 Å². The largest absolute Gasteiger partial charge is 0.396 e. The molecular weight excluding hydrogens is 324 g/mol. The van der Waals surface area contributed by atoms with Gasteiger partial charge in [-0.25, -0.2) is 0 Å². The second-order valence-electron chi connectivity index (χ2n) is 5.40. The molecule has 2 atom stereocenters. The fourth-order valence-corrected chi connectivity index (χ4v) is 2.76. The van der Waals surface area contributed by atoms with E-state index in [2.05, 4.69) is 6.92 Å². The van der Waals surface area contributed by atoms with Gasteiger partial charge in [-0.05, 0) is 6.42 Å². The zero-order valence-electron chi connectivity index (χ0n) is 13.8. The summed E-state index contributed by atoms with van der Waals surface area (Å²) >= 11 is 7.36. The van der Waals surface area contributed by atoms with Gasteiger partial charge in [0.15, 0.2) is 0 Å². The number of aliphatic hydroxyl groups excluding tert-OH is 2. The Balaban J connectivity index is 3.46. The van der Waals surface area contributed by atoms with E-state index < -0.39 is 6.10 Å². The molecule has 0 fully saturated rings. The highest BCUT2D eigenvalue weighted by Crippen LogP contribution is 2.07. The highest BCUT2D eigenvalue weighted by Gasteiger charge is 2.11. The predicted molar refractivity (Wildman–Crippen MR) is 95.1 cm³/mol. The van der Waals surface area contributed by atoms with Crippen LogP contribution < -0.4 is 0 Å². The molecule has 22 heavy (non-hydrogen) atoms. The molecule has 4 nitrogen and oxygen atoms in total. The van der Waals surface area contributed by atoms with Gasteiger partial charge < -0.3 is 19.7 Å². The molecule has 0 amide bonds. The molecular formula is C16H33ClO4S. The van der Waals surface area contributed by atoms with E-state index in [1.165, 1.54) is 43.9 Å². The lowest BCUT2D eigenvalue weighted by molar-refractivity contribution is -0.0343. The molecule has 0 aromatic carbocycles. The lowest BCUT2D eigenvalue weighted by Gasteiger charge is -2.18. The molecule has 0 heterocycles. The number of rotatable bonds is 17. The van der Waals surface area contributed by atoms with Crippen LogP contribution in [-0.4, -0.2) is 66.2 Å². The molecule has 0 aromatic rings. The van der Waals surface area contributed by atoms with Crippen LogP contribution in [0.3, 0.4) is 0 Å². The zero-order chi connectivity index (χ0) is 16.5. The van der Waals surface area contributed by atoms with Crippen molar-refractivity contribution in [3.05, 3.63) is 0 Å². The summed E-state index contributed by atoms with van der Waals surface area (Å²) in [6.45, 7) is 3.84. The Morgan fingerprint density at radius 1 is 1.09 bits per heavy atom. The van der Waals surface area contributed by atoms with Gasteiger partial charge >= 0.3 is 0 Å². The van der Waals surface area contributed by atoms with Crippen molar-refractivity contribution in [2.24, 2.45) is 0 Å². The smallest absolute Gasteiger partial charge is 0.0944 e. The number of alkyl halides is 1. The minimum absolute atomic E-state index is 0.134. The highest BCUT2D eigenvalue weighted by atomic mass is 35.5. The van der Waals surface area contributed by atoms with Crippen LogP contribution in [0.1, 0.15) is 45.4 Å². The van der Waals surface area contributed by atoms with E-state index in [0.29, 0.717) is 24.0 Å². The van der Waals surface area contributed by atoms with E-state index in [4.69, 9.17) is 26.2 Å². The summed E-state index contributed by atoms with van der Waals surface area (Å²) in [6.07, 6.45) is 6.80. The Bertz CT molecular complexity index is 222. The molecule has 134 valence electrons. The van der Waals surface area contributed by atoms with Crippen molar-refractivity contribution in [1.29, 1.82) is 0 Å². The van der Waals surface area contributed by atoms with Crippen molar-refractivity contribution in [3.8, 4) is 0 Å². The van der Waals surface area contributed by atoms with Gasteiger partial charge in [0.1, 0.15) is 0 Å². The van der Waals surface area contributed by atoms with Crippen LogP contribution in [0.15, 0.2) is 0 Å². The summed E-state index contributed by atoms with van der Waals surface area (Å²) in [5, 5.41) is 18.4. The van der Waals surface area contributed by atoms with Crippen molar-refractivity contribution >= 4 is 23.4 Å². The van der Waals surface area contributed by atoms with E-state index in [9.17, 15) is 5.11 Å². The van der Waals surface area contributed by atoms with E-state index in [1.807, 2.05) is 0 Å². The van der Waals surface area contributed by atoms with E-state index in [-0.39, 0.29) is 19.3 Å². The fraction of sp³-hybridized carbons (Fsp3) is 1.00. The molecule has 0 saturated heterocycles. The van der Waals surface area contributed by atoms with E-state index in [0.717, 1.165) is 13.0 Å². The lowest BCUT2D eigenvalue weighted by Crippen LogP contribution is -2.28. The summed E-state index contributed by atoms with van der Waals surface area (Å²) in [5.41, 5.74) is 0. The molecule has 0 aliphatic heterocycles. The third kappa shape index (κ3) is 15.4. The second-order valence-corrected chi connectivity index (χ2v) is 6.86. The first-order valence-electron chi connectivity index (χ1n) is 8.36. The van der Waals surface area contributed by atoms with Crippen molar-refractivity contribution in [2.75, 3.05) is 43.8 Å². The average Bonchev–Trinajstić information content (AvgIpc) is 2.53. The SMILES string of the molecule is CCCCCCCCOCC(CCl)OCC(O)CSCCO. The van der Waals surface area contributed by atoms with Crippen LogP contribution in [-0.2, 0) is 9.47 Å². The zero-order valence-corrected chi connectivity index (χ0v) is 15.4. The molecule has 2 unspecified atom stereocenters. The quantitative estimate of drug-likeness (QED) is 0.310. The Kier molecular flexibility index (Phi) is 18.2. The molecule has 0 bridgehead atoms. The Morgan fingerprint density at radius 2 is 1.82 bits per heavy atom. The molecule has 0 saturated carbocycles. The lowest BCUT2D eigenvalue weighted by atomic mass is 10.1. The standard InChI is InChI=1S/C16H33ClO4S/c1-2-3-4-5-6-7-9-20-13-16(11-17)21-12-15(19)14-22-10-8-18/h15-16,18-19H,2-14H2,1H3. The first-order valence-corrected chi connectivity index (χ1v) is 10.1. The number of unbranched alkanes of at least 4 members (excludes halogenated alkanes) is 5. The Labute approximate surface area is 144 Å². The van der Waals surface area contributed by atoms with Crippen LogP contribution in [0.2, 0.25) is 0 Å². The predicted octanol–water partition coefficient (Wildman–Crippen LogP) is 3.07. The number of halogens is 1. The van der Waals surface area contributed by atoms with Gasteiger partial charge in [0.2, 0.25) is 0 Å². The second kappa shape index (κ2) is 17.8. The van der Waals surface area contributed by atoms with Gasteiger partial charge in [0.25, 0.3) is 0 Å². The maximum Gasteiger partial charge on any atom is 0.0944 e. The number of thioether (sulfide) groups is 1. The molecule has 0 aromatic heterocycles. The van der Waals surface area contributed by atoms with Gasteiger partial charge in [-0.3, -0.25) is 0 Å². The van der Waals surface area contributed by atoms with Gasteiger partial charge in [-0.2, -0.15) is 11.8 Å². The number of hydrogen-bond donors (Lipinski definition) is 2. The van der Waals surface area contributed by atoms with Crippen molar-refractivity contribution in [2.45, 2.75) is 57.7 Å². The van der Waals surface area contributed by atoms with Crippen LogP contribution in [0, 0.1) is 0 Å². The molecule has 0 radical (unpaired) electrons. The first-order chi connectivity index (χ1) is 10.7. The molecule has 0 aliphatic carbocycles. The van der Waals surface area contributed by atoms with Crippen LogP contribution >= 0.6 is 23.4 Å². The first kappa shape index (κ1) is 22.5. The summed E-state index contributed by atoms with van der Waals surface area (Å²) in [7, 11) is 0. The normalized spacial score (nSPS) is 14.2. The van der Waals surface area contributed by atoms with Gasteiger partial charge in [-0.1, -0.05) is 39.0 Å². The molecule has 2 N–H and O–H groups in total. The summed E-state index contributed by atoms with van der Waals surface area (Å²) in [6, 6.07) is 0. The van der Waals surface area contributed by atoms with Gasteiger partial charge in [-0.15, -0.1) is 11.6 Å². The molecule has 0 rings (SSSR count). The highest BCUT2D eigenvalue weighted by molar-refractivity contribution is 7.99. The van der Waals surface area contributed by atoms with Crippen molar-refractivity contribution in [1.82, 2.24) is 0 Å². The summed E-state index contributed by atoms with van der Waals surface area (Å²) < 4.78 is 11.2. The third-order valence-electron chi connectivity index (χ3n) is 3.19. The monoisotopic (exact) mass is 356 g/mol. The third-order valence-corrected chi connectivity index (χ3v) is 4.62. The summed E-state index contributed by atoms with van der Waals surface area (Å²) in [4.78, 5) is 0. The molecule has 0 aliphatic rings. The molecule has 0 spiro atoms. The molecule has 6 heteroatoms. The number of aliphatic hydroxyl groups is 2. The van der Waals surface area contributed by atoms with Crippen molar-refractivity contribution < 1.29 is 19.7 Å². The van der Waals surface area contributed by atoms with Crippen LogP contribution in [0.25, 0.3) is 0 Å².